The molecular formula is C16H16ClNO3. The first-order chi connectivity index (χ1) is 10.1. The fraction of sp³-hybridized carbons (Fsp3) is 0.188. The molecule has 4 nitrogen and oxygen atoms in total. The SMILES string of the molecule is CCOc1ccc(NC(=O)c2ccc(OC)c(Cl)c2)cc1. The van der Waals surface area contributed by atoms with Crippen molar-refractivity contribution in [1.29, 1.82) is 0 Å². The summed E-state index contributed by atoms with van der Waals surface area (Å²) in [6.45, 7) is 2.53. The van der Waals surface area contributed by atoms with Gasteiger partial charge in [0.15, 0.2) is 0 Å². The molecule has 0 atom stereocenters. The second-order valence-electron chi connectivity index (χ2n) is 4.26. The first-order valence-electron chi connectivity index (χ1n) is 6.51. The zero-order chi connectivity index (χ0) is 15.2. The van der Waals surface area contributed by atoms with E-state index in [4.69, 9.17) is 21.1 Å². The van der Waals surface area contributed by atoms with Gasteiger partial charge in [0, 0.05) is 11.3 Å². The second kappa shape index (κ2) is 6.99. The van der Waals surface area contributed by atoms with Crippen LogP contribution in [0.2, 0.25) is 5.02 Å². The Morgan fingerprint density at radius 1 is 1.19 bits per heavy atom. The van der Waals surface area contributed by atoms with Gasteiger partial charge in [0.2, 0.25) is 0 Å². The number of benzene rings is 2. The number of ether oxygens (including phenoxy) is 2. The molecule has 0 aliphatic carbocycles. The maximum atomic E-state index is 12.1. The predicted molar refractivity (Wildman–Crippen MR) is 83.6 cm³/mol. The Kier molecular flexibility index (Phi) is 5.06. The Labute approximate surface area is 128 Å². The number of carbonyl (C=O) groups excluding carboxylic acids is 1. The maximum absolute atomic E-state index is 12.1. The Hall–Kier alpha value is -2.20. The lowest BCUT2D eigenvalue weighted by atomic mass is 10.2. The summed E-state index contributed by atoms with van der Waals surface area (Å²) in [5.74, 6) is 1.07. The van der Waals surface area contributed by atoms with Crippen molar-refractivity contribution in [3.8, 4) is 11.5 Å². The Bertz CT molecular complexity index is 626. The highest BCUT2D eigenvalue weighted by atomic mass is 35.5. The van der Waals surface area contributed by atoms with Crippen LogP contribution < -0.4 is 14.8 Å². The molecule has 0 unspecified atom stereocenters. The molecule has 0 aliphatic heterocycles. The average Bonchev–Trinajstić information content (AvgIpc) is 2.49. The van der Waals surface area contributed by atoms with Crippen LogP contribution in [0.5, 0.6) is 11.5 Å². The number of anilines is 1. The van der Waals surface area contributed by atoms with Crippen LogP contribution in [0.1, 0.15) is 17.3 Å². The lowest BCUT2D eigenvalue weighted by molar-refractivity contribution is 0.102. The van der Waals surface area contributed by atoms with E-state index in [-0.39, 0.29) is 5.91 Å². The zero-order valence-corrected chi connectivity index (χ0v) is 12.6. The van der Waals surface area contributed by atoms with E-state index >= 15 is 0 Å². The van der Waals surface area contributed by atoms with E-state index in [1.54, 1.807) is 42.5 Å². The van der Waals surface area contributed by atoms with E-state index in [9.17, 15) is 4.79 Å². The highest BCUT2D eigenvalue weighted by Crippen LogP contribution is 2.25. The molecule has 1 N–H and O–H groups in total. The van der Waals surface area contributed by atoms with E-state index in [0.717, 1.165) is 5.75 Å². The van der Waals surface area contributed by atoms with Gasteiger partial charge in [0.05, 0.1) is 18.7 Å². The van der Waals surface area contributed by atoms with Crippen molar-refractivity contribution >= 4 is 23.2 Å². The van der Waals surface area contributed by atoms with Gasteiger partial charge in [0.1, 0.15) is 11.5 Å². The number of halogens is 1. The molecule has 1 amide bonds. The molecule has 2 aromatic carbocycles. The van der Waals surface area contributed by atoms with Crippen molar-refractivity contribution in [2.45, 2.75) is 6.92 Å². The van der Waals surface area contributed by atoms with Gasteiger partial charge >= 0.3 is 0 Å². The standard InChI is InChI=1S/C16H16ClNO3/c1-3-21-13-7-5-12(6-8-13)18-16(19)11-4-9-15(20-2)14(17)10-11/h4-10H,3H2,1-2H3,(H,18,19). The van der Waals surface area contributed by atoms with Gasteiger partial charge in [-0.05, 0) is 49.4 Å². The summed E-state index contributed by atoms with van der Waals surface area (Å²) in [5.41, 5.74) is 1.16. The summed E-state index contributed by atoms with van der Waals surface area (Å²) in [6.07, 6.45) is 0. The molecular weight excluding hydrogens is 290 g/mol. The molecule has 110 valence electrons. The van der Waals surface area contributed by atoms with E-state index in [0.29, 0.717) is 28.6 Å². The average molecular weight is 306 g/mol. The topological polar surface area (TPSA) is 47.6 Å². The Balaban J connectivity index is 2.08. The zero-order valence-electron chi connectivity index (χ0n) is 11.9. The molecule has 0 radical (unpaired) electrons. The van der Waals surface area contributed by atoms with Crippen molar-refractivity contribution in [1.82, 2.24) is 0 Å². The third-order valence-electron chi connectivity index (χ3n) is 2.84. The molecule has 2 rings (SSSR count). The number of amides is 1. The number of methoxy groups -OCH3 is 1. The number of rotatable bonds is 5. The first kappa shape index (κ1) is 15.2. The van der Waals surface area contributed by atoms with Crippen molar-refractivity contribution in [2.75, 3.05) is 19.0 Å². The van der Waals surface area contributed by atoms with Gasteiger partial charge in [-0.15, -0.1) is 0 Å². The number of hydrogen-bond donors (Lipinski definition) is 1. The second-order valence-corrected chi connectivity index (χ2v) is 4.67. The molecule has 5 heteroatoms. The van der Waals surface area contributed by atoms with Crippen LogP contribution in [0.25, 0.3) is 0 Å². The summed E-state index contributed by atoms with van der Waals surface area (Å²) < 4.78 is 10.4. The van der Waals surface area contributed by atoms with Crippen LogP contribution in [0.15, 0.2) is 42.5 Å². The van der Waals surface area contributed by atoms with Crippen molar-refractivity contribution in [3.05, 3.63) is 53.1 Å². The van der Waals surface area contributed by atoms with E-state index in [1.165, 1.54) is 7.11 Å². The van der Waals surface area contributed by atoms with Crippen molar-refractivity contribution in [3.63, 3.8) is 0 Å². The van der Waals surface area contributed by atoms with Gasteiger partial charge in [0.25, 0.3) is 5.91 Å². The van der Waals surface area contributed by atoms with Crippen molar-refractivity contribution < 1.29 is 14.3 Å². The van der Waals surface area contributed by atoms with Gasteiger partial charge < -0.3 is 14.8 Å². The lowest BCUT2D eigenvalue weighted by Gasteiger charge is -2.08. The van der Waals surface area contributed by atoms with Gasteiger partial charge in [-0.1, -0.05) is 11.6 Å². The van der Waals surface area contributed by atoms with Gasteiger partial charge in [-0.2, -0.15) is 0 Å². The Morgan fingerprint density at radius 2 is 1.90 bits per heavy atom. The van der Waals surface area contributed by atoms with Crippen LogP contribution in [0, 0.1) is 0 Å². The van der Waals surface area contributed by atoms with Crippen LogP contribution in [-0.4, -0.2) is 19.6 Å². The highest BCUT2D eigenvalue weighted by Gasteiger charge is 2.09. The fourth-order valence-corrected chi connectivity index (χ4v) is 2.07. The first-order valence-corrected chi connectivity index (χ1v) is 6.89. The predicted octanol–water partition coefficient (Wildman–Crippen LogP) is 4.00. The molecule has 0 heterocycles. The fourth-order valence-electron chi connectivity index (χ4n) is 1.81. The third kappa shape index (κ3) is 3.89. The van der Waals surface area contributed by atoms with Crippen LogP contribution in [0.4, 0.5) is 5.69 Å². The number of hydrogen-bond acceptors (Lipinski definition) is 3. The summed E-state index contributed by atoms with van der Waals surface area (Å²) in [5, 5.41) is 3.20. The monoisotopic (exact) mass is 305 g/mol. The van der Waals surface area contributed by atoms with E-state index < -0.39 is 0 Å². The third-order valence-corrected chi connectivity index (χ3v) is 3.13. The molecule has 0 spiro atoms. The molecule has 0 saturated heterocycles. The molecule has 0 fully saturated rings. The van der Waals surface area contributed by atoms with Crippen molar-refractivity contribution in [2.24, 2.45) is 0 Å². The smallest absolute Gasteiger partial charge is 0.255 e. The molecule has 0 bridgehead atoms. The molecule has 0 saturated carbocycles. The molecule has 21 heavy (non-hydrogen) atoms. The lowest BCUT2D eigenvalue weighted by Crippen LogP contribution is -2.11. The quantitative estimate of drug-likeness (QED) is 0.908. The van der Waals surface area contributed by atoms with Crippen LogP contribution in [0.3, 0.4) is 0 Å². The van der Waals surface area contributed by atoms with Gasteiger partial charge in [-0.3, -0.25) is 4.79 Å². The normalized spacial score (nSPS) is 10.0. The number of carbonyl (C=O) groups is 1. The molecule has 0 aromatic heterocycles. The van der Waals surface area contributed by atoms with E-state index in [2.05, 4.69) is 5.32 Å². The summed E-state index contributed by atoms with van der Waals surface area (Å²) >= 11 is 6.01. The maximum Gasteiger partial charge on any atom is 0.255 e. The summed E-state index contributed by atoms with van der Waals surface area (Å²) in [6, 6.07) is 12.1. The minimum atomic E-state index is -0.233. The molecule has 0 aliphatic rings. The van der Waals surface area contributed by atoms with Crippen LogP contribution >= 0.6 is 11.6 Å². The summed E-state index contributed by atoms with van der Waals surface area (Å²) in [7, 11) is 1.53. The largest absolute Gasteiger partial charge is 0.495 e. The minimum absolute atomic E-state index is 0.233. The van der Waals surface area contributed by atoms with Crippen LogP contribution in [-0.2, 0) is 0 Å². The molecule has 2 aromatic rings. The Morgan fingerprint density at radius 3 is 2.48 bits per heavy atom. The van der Waals surface area contributed by atoms with Gasteiger partial charge in [-0.25, -0.2) is 0 Å². The van der Waals surface area contributed by atoms with E-state index in [1.807, 2.05) is 6.92 Å². The minimum Gasteiger partial charge on any atom is -0.495 e. The highest BCUT2D eigenvalue weighted by molar-refractivity contribution is 6.32. The summed E-state index contributed by atoms with van der Waals surface area (Å²) in [4.78, 5) is 12.1. The number of nitrogens with one attached hydrogen (secondary N) is 1.